The van der Waals surface area contributed by atoms with E-state index in [4.69, 9.17) is 37.7 Å². The average Bonchev–Trinajstić information content (AvgIpc) is 3.18. The Labute approximate surface area is 277 Å². The Morgan fingerprint density at radius 1 is 0.935 bits per heavy atom. The molecule has 242 valence electrons. The number of rotatable bonds is 8. The van der Waals surface area contributed by atoms with Crippen LogP contribution in [0.3, 0.4) is 0 Å². The molecule has 0 atom stereocenters. The van der Waals surface area contributed by atoms with E-state index in [0.29, 0.717) is 11.4 Å². The minimum atomic E-state index is -0.798. The standard InChI is InChI=1S/C36H36Cl2F2N2O4/c1-36(2,3)46-29(43)20-25-15-17-26(37)30(40)32(25)42-33(24-16-18-28(39)27(38)19-24)31(35(44)45-21-22-11-7-6-8-12-22)41-34(42)23-13-9-4-5-10-14-23/h6-8,11-12,15-19,23H,4-5,9-10,13-14,20-21H2,1-3H3. The fraction of sp³-hybridized carbons (Fsp3) is 0.361. The summed E-state index contributed by atoms with van der Waals surface area (Å²) in [5.41, 5.74) is 0.629. The highest BCUT2D eigenvalue weighted by Gasteiger charge is 2.33. The summed E-state index contributed by atoms with van der Waals surface area (Å²) >= 11 is 12.6. The molecule has 5 rings (SSSR count). The maximum Gasteiger partial charge on any atom is 0.359 e. The third-order valence-corrected chi connectivity index (χ3v) is 8.44. The predicted molar refractivity (Wildman–Crippen MR) is 174 cm³/mol. The van der Waals surface area contributed by atoms with Crippen LogP contribution in [0.1, 0.15) is 92.7 Å². The number of imidazole rings is 1. The molecule has 1 heterocycles. The van der Waals surface area contributed by atoms with Crippen LogP contribution in [-0.2, 0) is 27.3 Å². The molecule has 1 fully saturated rings. The Kier molecular flexibility index (Phi) is 10.5. The minimum absolute atomic E-state index is 0.0235. The van der Waals surface area contributed by atoms with Crippen LogP contribution in [0.4, 0.5) is 8.78 Å². The van der Waals surface area contributed by atoms with Crippen molar-refractivity contribution >= 4 is 35.1 Å². The zero-order valence-electron chi connectivity index (χ0n) is 26.0. The lowest BCUT2D eigenvalue weighted by atomic mass is 9.98. The second-order valence-electron chi connectivity index (χ2n) is 12.5. The van der Waals surface area contributed by atoms with E-state index in [1.165, 1.54) is 24.3 Å². The minimum Gasteiger partial charge on any atom is -0.460 e. The summed E-state index contributed by atoms with van der Waals surface area (Å²) in [7, 11) is 0. The summed E-state index contributed by atoms with van der Waals surface area (Å²) in [5.74, 6) is -2.50. The van der Waals surface area contributed by atoms with Crippen LogP contribution in [0.15, 0.2) is 60.7 Å². The molecule has 0 saturated heterocycles. The van der Waals surface area contributed by atoms with Crippen LogP contribution in [0.25, 0.3) is 16.9 Å². The monoisotopic (exact) mass is 668 g/mol. The Bertz CT molecular complexity index is 1730. The van der Waals surface area contributed by atoms with Crippen molar-refractivity contribution < 1.29 is 27.8 Å². The lowest BCUT2D eigenvalue weighted by Gasteiger charge is -2.23. The summed E-state index contributed by atoms with van der Waals surface area (Å²) in [4.78, 5) is 31.8. The van der Waals surface area contributed by atoms with Gasteiger partial charge in [0, 0.05) is 11.5 Å². The van der Waals surface area contributed by atoms with Gasteiger partial charge in [0.05, 0.1) is 27.8 Å². The van der Waals surface area contributed by atoms with E-state index in [9.17, 15) is 14.0 Å². The van der Waals surface area contributed by atoms with Crippen molar-refractivity contribution in [3.05, 3.63) is 105 Å². The molecule has 0 unspecified atom stereocenters. The smallest absolute Gasteiger partial charge is 0.359 e. The van der Waals surface area contributed by atoms with Gasteiger partial charge in [-0.05, 0) is 69.0 Å². The Morgan fingerprint density at radius 3 is 2.28 bits per heavy atom. The van der Waals surface area contributed by atoms with Crippen LogP contribution >= 0.6 is 23.2 Å². The Morgan fingerprint density at radius 2 is 1.63 bits per heavy atom. The van der Waals surface area contributed by atoms with E-state index in [1.54, 1.807) is 31.4 Å². The molecule has 0 bridgehead atoms. The van der Waals surface area contributed by atoms with Gasteiger partial charge in [-0.25, -0.2) is 18.6 Å². The number of nitrogens with zero attached hydrogens (tertiary/aromatic N) is 2. The van der Waals surface area contributed by atoms with E-state index >= 15 is 4.39 Å². The van der Waals surface area contributed by atoms with Crippen molar-refractivity contribution in [3.63, 3.8) is 0 Å². The molecular weight excluding hydrogens is 633 g/mol. The van der Waals surface area contributed by atoms with Crippen molar-refractivity contribution in [2.45, 2.75) is 83.8 Å². The number of hydrogen-bond donors (Lipinski definition) is 0. The predicted octanol–water partition coefficient (Wildman–Crippen LogP) is 9.80. The lowest BCUT2D eigenvalue weighted by Crippen LogP contribution is -2.25. The Balaban J connectivity index is 1.77. The van der Waals surface area contributed by atoms with Crippen molar-refractivity contribution in [3.8, 4) is 16.9 Å². The molecule has 3 aromatic carbocycles. The number of carbonyl (C=O) groups is 2. The molecule has 1 aromatic heterocycles. The second-order valence-corrected chi connectivity index (χ2v) is 13.3. The van der Waals surface area contributed by atoms with Crippen LogP contribution in [0, 0.1) is 11.6 Å². The van der Waals surface area contributed by atoms with E-state index in [0.717, 1.165) is 44.1 Å². The van der Waals surface area contributed by atoms with Gasteiger partial charge in [-0.2, -0.15) is 0 Å². The van der Waals surface area contributed by atoms with Crippen LogP contribution in [-0.4, -0.2) is 27.1 Å². The summed E-state index contributed by atoms with van der Waals surface area (Å²) in [6.45, 7) is 5.22. The molecule has 0 aliphatic heterocycles. The van der Waals surface area contributed by atoms with Gasteiger partial charge in [0.25, 0.3) is 0 Å². The third kappa shape index (κ3) is 7.78. The van der Waals surface area contributed by atoms with Gasteiger partial charge >= 0.3 is 11.9 Å². The molecule has 0 amide bonds. The zero-order valence-corrected chi connectivity index (χ0v) is 27.6. The first kappa shape index (κ1) is 33.6. The fourth-order valence-electron chi connectivity index (χ4n) is 5.82. The van der Waals surface area contributed by atoms with Crippen LogP contribution in [0.2, 0.25) is 10.0 Å². The van der Waals surface area contributed by atoms with Gasteiger partial charge in [0.15, 0.2) is 11.5 Å². The van der Waals surface area contributed by atoms with Crippen molar-refractivity contribution in [2.75, 3.05) is 0 Å². The van der Waals surface area contributed by atoms with E-state index in [1.807, 2.05) is 30.3 Å². The molecule has 10 heteroatoms. The van der Waals surface area contributed by atoms with E-state index in [-0.39, 0.29) is 51.6 Å². The van der Waals surface area contributed by atoms with Crippen LogP contribution in [0.5, 0.6) is 0 Å². The molecule has 1 aliphatic carbocycles. The zero-order chi connectivity index (χ0) is 33.0. The summed E-state index contributed by atoms with van der Waals surface area (Å²) in [5, 5.41) is -0.370. The molecular formula is C36H36Cl2F2N2O4. The largest absolute Gasteiger partial charge is 0.460 e. The second kappa shape index (κ2) is 14.3. The highest BCUT2D eigenvalue weighted by atomic mass is 35.5. The van der Waals surface area contributed by atoms with E-state index < -0.39 is 29.2 Å². The number of esters is 2. The van der Waals surface area contributed by atoms with Crippen molar-refractivity contribution in [1.29, 1.82) is 0 Å². The van der Waals surface area contributed by atoms with Crippen LogP contribution < -0.4 is 0 Å². The maximum absolute atomic E-state index is 16.4. The number of aromatic nitrogens is 2. The summed E-state index contributed by atoms with van der Waals surface area (Å²) in [6.07, 6.45) is 5.15. The first-order chi connectivity index (χ1) is 21.9. The Hall–Kier alpha value is -3.75. The summed E-state index contributed by atoms with van der Waals surface area (Å²) < 4.78 is 43.7. The SMILES string of the molecule is CC(C)(C)OC(=O)Cc1ccc(Cl)c(F)c1-n1c(C2CCCCCC2)nc(C(=O)OCc2ccccc2)c1-c1ccc(F)c(Cl)c1. The highest BCUT2D eigenvalue weighted by molar-refractivity contribution is 6.31. The molecule has 46 heavy (non-hydrogen) atoms. The quantitative estimate of drug-likeness (QED) is 0.138. The maximum atomic E-state index is 16.4. The first-order valence-corrected chi connectivity index (χ1v) is 16.2. The number of hydrogen-bond acceptors (Lipinski definition) is 5. The normalized spacial score (nSPS) is 14.2. The number of carbonyl (C=O) groups excluding carboxylic acids is 2. The molecule has 0 spiro atoms. The first-order valence-electron chi connectivity index (χ1n) is 15.4. The summed E-state index contributed by atoms with van der Waals surface area (Å²) in [6, 6.07) is 16.1. The molecule has 1 aliphatic rings. The van der Waals surface area contributed by atoms with Gasteiger partial charge in [-0.1, -0.05) is 85.3 Å². The van der Waals surface area contributed by atoms with Crippen molar-refractivity contribution in [2.24, 2.45) is 0 Å². The lowest BCUT2D eigenvalue weighted by molar-refractivity contribution is -0.153. The number of benzene rings is 3. The highest BCUT2D eigenvalue weighted by Crippen LogP contribution is 2.41. The molecule has 0 radical (unpaired) electrons. The fourth-order valence-corrected chi connectivity index (χ4v) is 6.15. The van der Waals surface area contributed by atoms with Gasteiger partial charge in [-0.3, -0.25) is 9.36 Å². The number of halogens is 4. The van der Waals surface area contributed by atoms with Gasteiger partial charge in [-0.15, -0.1) is 0 Å². The average molecular weight is 670 g/mol. The van der Waals surface area contributed by atoms with Gasteiger partial charge in [0.1, 0.15) is 23.8 Å². The number of ether oxygens (including phenoxy) is 2. The van der Waals surface area contributed by atoms with Gasteiger partial charge in [0.2, 0.25) is 0 Å². The molecule has 6 nitrogen and oxygen atoms in total. The topological polar surface area (TPSA) is 70.4 Å². The van der Waals surface area contributed by atoms with E-state index in [2.05, 4.69) is 0 Å². The third-order valence-electron chi connectivity index (χ3n) is 7.85. The van der Waals surface area contributed by atoms with Crippen molar-refractivity contribution in [1.82, 2.24) is 9.55 Å². The molecule has 0 N–H and O–H groups in total. The molecule has 4 aromatic rings. The van der Waals surface area contributed by atoms with Gasteiger partial charge < -0.3 is 9.47 Å². The molecule has 1 saturated carbocycles.